The first-order valence-corrected chi connectivity index (χ1v) is 8.03. The van der Waals surface area contributed by atoms with Crippen LogP contribution in [0.2, 0.25) is 0 Å². The quantitative estimate of drug-likeness (QED) is 0.822. The second-order valence-electron chi connectivity index (χ2n) is 5.99. The van der Waals surface area contributed by atoms with Crippen LogP contribution in [0.5, 0.6) is 0 Å². The normalized spacial score (nSPS) is 16.7. The molecule has 0 spiro atoms. The molecule has 0 unspecified atom stereocenters. The van der Waals surface area contributed by atoms with Gasteiger partial charge in [-0.25, -0.2) is 4.79 Å². The van der Waals surface area contributed by atoms with Crippen LogP contribution in [-0.2, 0) is 14.1 Å². The zero-order chi connectivity index (χ0) is 18.0. The van der Waals surface area contributed by atoms with E-state index in [9.17, 15) is 14.9 Å². The molecule has 3 rings (SSSR count). The van der Waals surface area contributed by atoms with Gasteiger partial charge in [-0.2, -0.15) is 10.4 Å². The van der Waals surface area contributed by atoms with Crippen molar-refractivity contribution in [1.29, 1.82) is 5.26 Å². The SMILES string of the molecule is Cn1c(NC[C@@H]2CCCN2c2cccnn2)c(C#N)c(=O)n(C)c1=O. The van der Waals surface area contributed by atoms with Gasteiger partial charge in [-0.3, -0.25) is 13.9 Å². The van der Waals surface area contributed by atoms with Crippen LogP contribution in [0, 0.1) is 11.3 Å². The van der Waals surface area contributed by atoms with E-state index in [1.54, 1.807) is 13.2 Å². The largest absolute Gasteiger partial charge is 0.368 e. The molecule has 0 bridgehead atoms. The third-order valence-corrected chi connectivity index (χ3v) is 4.51. The number of nitriles is 1. The van der Waals surface area contributed by atoms with Crippen LogP contribution < -0.4 is 21.5 Å². The third-order valence-electron chi connectivity index (χ3n) is 4.51. The summed E-state index contributed by atoms with van der Waals surface area (Å²) in [5.74, 6) is 1.05. The van der Waals surface area contributed by atoms with Crippen molar-refractivity contribution in [2.75, 3.05) is 23.3 Å². The van der Waals surface area contributed by atoms with Gasteiger partial charge in [0.05, 0.1) is 0 Å². The molecule has 0 radical (unpaired) electrons. The molecule has 0 aliphatic carbocycles. The molecule has 2 aromatic rings. The van der Waals surface area contributed by atoms with Crippen LogP contribution in [0.15, 0.2) is 27.9 Å². The van der Waals surface area contributed by atoms with Crippen LogP contribution in [0.1, 0.15) is 18.4 Å². The van der Waals surface area contributed by atoms with E-state index in [0.29, 0.717) is 6.54 Å². The predicted octanol–water partition coefficient (Wildman–Crippen LogP) is -0.173. The minimum atomic E-state index is -0.592. The molecule has 3 heterocycles. The lowest BCUT2D eigenvalue weighted by Gasteiger charge is -2.26. The van der Waals surface area contributed by atoms with Gasteiger partial charge in [0.15, 0.2) is 11.4 Å². The Labute approximate surface area is 144 Å². The molecule has 0 aromatic carbocycles. The minimum Gasteiger partial charge on any atom is -0.368 e. The van der Waals surface area contributed by atoms with E-state index in [2.05, 4.69) is 20.4 Å². The lowest BCUT2D eigenvalue weighted by atomic mass is 10.2. The molecule has 25 heavy (non-hydrogen) atoms. The average Bonchev–Trinajstić information content (AvgIpc) is 3.11. The van der Waals surface area contributed by atoms with Crippen molar-refractivity contribution in [3.63, 3.8) is 0 Å². The maximum Gasteiger partial charge on any atom is 0.332 e. The van der Waals surface area contributed by atoms with Crippen LogP contribution >= 0.6 is 0 Å². The van der Waals surface area contributed by atoms with E-state index in [4.69, 9.17) is 0 Å². The number of rotatable bonds is 4. The highest BCUT2D eigenvalue weighted by molar-refractivity contribution is 5.52. The summed E-state index contributed by atoms with van der Waals surface area (Å²) in [6.07, 6.45) is 3.59. The number of nitrogens with zero attached hydrogens (tertiary/aromatic N) is 6. The molecule has 1 fully saturated rings. The maximum absolute atomic E-state index is 12.1. The molecule has 1 N–H and O–H groups in total. The van der Waals surface area contributed by atoms with Crippen molar-refractivity contribution in [1.82, 2.24) is 19.3 Å². The van der Waals surface area contributed by atoms with Crippen molar-refractivity contribution >= 4 is 11.6 Å². The molecule has 1 atom stereocenters. The van der Waals surface area contributed by atoms with Crippen molar-refractivity contribution in [3.05, 3.63) is 44.7 Å². The summed E-state index contributed by atoms with van der Waals surface area (Å²) in [5, 5.41) is 20.5. The molecule has 1 aliphatic heterocycles. The van der Waals surface area contributed by atoms with E-state index in [-0.39, 0.29) is 17.4 Å². The lowest BCUT2D eigenvalue weighted by molar-refractivity contribution is 0.660. The fourth-order valence-electron chi connectivity index (χ4n) is 3.16. The van der Waals surface area contributed by atoms with Gasteiger partial charge in [-0.1, -0.05) is 0 Å². The Bertz CT molecular complexity index is 926. The van der Waals surface area contributed by atoms with E-state index in [0.717, 1.165) is 29.8 Å². The summed E-state index contributed by atoms with van der Waals surface area (Å²) in [7, 11) is 2.90. The Balaban J connectivity index is 1.86. The van der Waals surface area contributed by atoms with E-state index in [1.165, 1.54) is 11.6 Å². The average molecular weight is 341 g/mol. The molecule has 1 saturated heterocycles. The molecule has 2 aromatic heterocycles. The third kappa shape index (κ3) is 2.98. The number of nitrogens with one attached hydrogen (secondary N) is 1. The number of hydrogen-bond acceptors (Lipinski definition) is 7. The molecule has 9 heteroatoms. The van der Waals surface area contributed by atoms with Gasteiger partial charge >= 0.3 is 5.69 Å². The Kier molecular flexibility index (Phi) is 4.52. The first kappa shape index (κ1) is 16.7. The lowest BCUT2D eigenvalue weighted by Crippen LogP contribution is -2.41. The smallest absolute Gasteiger partial charge is 0.332 e. The van der Waals surface area contributed by atoms with Gasteiger partial charge in [-0.15, -0.1) is 5.10 Å². The highest BCUT2D eigenvalue weighted by Gasteiger charge is 2.26. The Morgan fingerprint density at radius 2 is 2.16 bits per heavy atom. The summed E-state index contributed by atoms with van der Waals surface area (Å²) in [6, 6.07) is 5.78. The van der Waals surface area contributed by atoms with Crippen molar-refractivity contribution in [3.8, 4) is 6.07 Å². The molecular weight excluding hydrogens is 322 g/mol. The molecule has 0 amide bonds. The first-order chi connectivity index (χ1) is 12.0. The van der Waals surface area contributed by atoms with Crippen molar-refractivity contribution in [2.45, 2.75) is 18.9 Å². The monoisotopic (exact) mass is 341 g/mol. The van der Waals surface area contributed by atoms with Crippen LogP contribution in [-0.4, -0.2) is 38.5 Å². The Hall–Kier alpha value is -3.15. The zero-order valence-corrected chi connectivity index (χ0v) is 14.1. The van der Waals surface area contributed by atoms with Crippen molar-refractivity contribution < 1.29 is 0 Å². The highest BCUT2D eigenvalue weighted by atomic mass is 16.2. The molecular formula is C16H19N7O2. The molecule has 1 aliphatic rings. The summed E-state index contributed by atoms with van der Waals surface area (Å²) in [5.41, 5.74) is -1.12. The Morgan fingerprint density at radius 1 is 1.36 bits per heavy atom. The predicted molar refractivity (Wildman–Crippen MR) is 92.5 cm³/mol. The fourth-order valence-corrected chi connectivity index (χ4v) is 3.16. The maximum atomic E-state index is 12.1. The van der Waals surface area contributed by atoms with E-state index < -0.39 is 11.2 Å². The van der Waals surface area contributed by atoms with Gasteiger partial charge in [-0.05, 0) is 25.0 Å². The Morgan fingerprint density at radius 3 is 2.84 bits per heavy atom. The zero-order valence-electron chi connectivity index (χ0n) is 14.1. The second-order valence-corrected chi connectivity index (χ2v) is 5.99. The summed E-state index contributed by atoms with van der Waals surface area (Å²) < 4.78 is 2.23. The summed E-state index contributed by atoms with van der Waals surface area (Å²) in [4.78, 5) is 26.4. The van der Waals surface area contributed by atoms with Gasteiger partial charge in [0, 0.05) is 39.4 Å². The van der Waals surface area contributed by atoms with Gasteiger partial charge < -0.3 is 10.2 Å². The van der Waals surface area contributed by atoms with Crippen LogP contribution in [0.25, 0.3) is 0 Å². The number of anilines is 2. The second kappa shape index (κ2) is 6.76. The van der Waals surface area contributed by atoms with Crippen LogP contribution in [0.3, 0.4) is 0 Å². The van der Waals surface area contributed by atoms with Gasteiger partial charge in [0.2, 0.25) is 0 Å². The fraction of sp³-hybridized carbons (Fsp3) is 0.438. The molecule has 0 saturated carbocycles. The standard InChI is InChI=1S/C16H19N7O2/c1-21-14(12(9-17)15(24)22(2)16(21)25)18-10-11-5-4-8-23(11)13-6-3-7-19-20-13/h3,6-7,11,18H,4-5,8,10H2,1-2H3/t11-/m0/s1. The molecule has 9 nitrogen and oxygen atoms in total. The number of hydrogen-bond donors (Lipinski definition) is 1. The van der Waals surface area contributed by atoms with E-state index >= 15 is 0 Å². The summed E-state index contributed by atoms with van der Waals surface area (Å²) >= 11 is 0. The minimum absolute atomic E-state index is 0.0614. The van der Waals surface area contributed by atoms with Crippen molar-refractivity contribution in [2.24, 2.45) is 14.1 Å². The van der Waals surface area contributed by atoms with Gasteiger partial charge in [0.1, 0.15) is 11.9 Å². The topological polar surface area (TPSA) is 109 Å². The highest BCUT2D eigenvalue weighted by Crippen LogP contribution is 2.23. The molecule has 130 valence electrons. The van der Waals surface area contributed by atoms with Gasteiger partial charge in [0.25, 0.3) is 5.56 Å². The first-order valence-electron chi connectivity index (χ1n) is 8.03. The van der Waals surface area contributed by atoms with E-state index in [1.807, 2.05) is 18.2 Å². The van der Waals surface area contributed by atoms with Crippen LogP contribution in [0.4, 0.5) is 11.6 Å². The summed E-state index contributed by atoms with van der Waals surface area (Å²) in [6.45, 7) is 1.36. The number of aromatic nitrogens is 4.